The number of halogens is 4. The van der Waals surface area contributed by atoms with Crippen molar-refractivity contribution in [1.29, 1.82) is 0 Å². The third-order valence-electron chi connectivity index (χ3n) is 4.75. The van der Waals surface area contributed by atoms with Crippen LogP contribution >= 0.6 is 12.4 Å². The molecule has 0 saturated carbocycles. The number of hydrogen-bond acceptors (Lipinski definition) is 5. The molecule has 0 radical (unpaired) electrons. The normalized spacial score (nSPS) is 15.1. The number of anilines is 1. The molecule has 0 amide bonds. The van der Waals surface area contributed by atoms with Gasteiger partial charge in [0.1, 0.15) is 5.75 Å². The number of nitrogens with one attached hydrogen (secondary N) is 1. The second-order valence-corrected chi connectivity index (χ2v) is 8.40. The van der Waals surface area contributed by atoms with Crippen LogP contribution in [0.3, 0.4) is 0 Å². The van der Waals surface area contributed by atoms with Crippen molar-refractivity contribution in [2.75, 3.05) is 31.1 Å². The van der Waals surface area contributed by atoms with Crippen molar-refractivity contribution < 1.29 is 26.3 Å². The Labute approximate surface area is 177 Å². The molecular weight excluding hydrogens is 443 g/mol. The van der Waals surface area contributed by atoms with Crippen LogP contribution in [-0.2, 0) is 10.0 Å². The third-order valence-corrected chi connectivity index (χ3v) is 6.45. The molecule has 2 aromatic carbocycles. The van der Waals surface area contributed by atoms with E-state index in [0.717, 1.165) is 65.5 Å². The summed E-state index contributed by atoms with van der Waals surface area (Å²) in [7, 11) is -3.98. The zero-order valence-electron chi connectivity index (χ0n) is 15.6. The summed E-state index contributed by atoms with van der Waals surface area (Å²) < 4.78 is 68.0. The molecule has 0 bridgehead atoms. The Balaban J connectivity index is 0.00000256. The first-order valence-corrected chi connectivity index (χ1v) is 10.4. The van der Waals surface area contributed by atoms with Crippen LogP contribution in [0, 0.1) is 0 Å². The van der Waals surface area contributed by atoms with E-state index >= 15 is 0 Å². The van der Waals surface area contributed by atoms with E-state index in [-0.39, 0.29) is 17.3 Å². The van der Waals surface area contributed by atoms with Gasteiger partial charge in [0.05, 0.1) is 10.4 Å². The molecule has 1 N–H and O–H groups in total. The van der Waals surface area contributed by atoms with Crippen molar-refractivity contribution in [3.05, 3.63) is 54.7 Å². The van der Waals surface area contributed by atoms with Gasteiger partial charge in [-0.2, -0.15) is 0 Å². The SMILES string of the molecule is Cl.O=S(=O)(c1ccc(OC(F)(F)F)cc1)n1ccc2c(N3CCNCC3)cccc21. The average molecular weight is 462 g/mol. The summed E-state index contributed by atoms with van der Waals surface area (Å²) in [5, 5.41) is 4.08. The highest BCUT2D eigenvalue weighted by Crippen LogP contribution is 2.31. The summed E-state index contributed by atoms with van der Waals surface area (Å²) in [5.74, 6) is -0.477. The monoisotopic (exact) mass is 461 g/mol. The van der Waals surface area contributed by atoms with Crippen molar-refractivity contribution in [2.24, 2.45) is 0 Å². The topological polar surface area (TPSA) is 63.6 Å². The molecule has 1 aliphatic heterocycles. The number of ether oxygens (including phenoxy) is 1. The first-order chi connectivity index (χ1) is 13.8. The molecule has 162 valence electrons. The standard InChI is InChI=1S/C19H18F3N3O3S.ClH/c20-19(21,22)28-14-4-6-15(7-5-14)29(26,27)25-11-8-16-17(2-1-3-18(16)25)24-12-9-23-10-13-24;/h1-8,11,23H,9-10,12-13H2;1H. The van der Waals surface area contributed by atoms with Crippen LogP contribution in [0.15, 0.2) is 59.6 Å². The Morgan fingerprint density at radius 3 is 2.27 bits per heavy atom. The van der Waals surface area contributed by atoms with Gasteiger partial charge in [-0.1, -0.05) is 6.07 Å². The minimum atomic E-state index is -4.84. The van der Waals surface area contributed by atoms with Crippen LogP contribution in [0.5, 0.6) is 5.75 Å². The lowest BCUT2D eigenvalue weighted by atomic mass is 10.2. The molecule has 11 heteroatoms. The van der Waals surface area contributed by atoms with E-state index in [1.54, 1.807) is 18.2 Å². The smallest absolute Gasteiger partial charge is 0.406 e. The van der Waals surface area contributed by atoms with Crippen molar-refractivity contribution in [3.63, 3.8) is 0 Å². The molecule has 1 aromatic heterocycles. The number of fused-ring (bicyclic) bond motifs is 1. The predicted molar refractivity (Wildman–Crippen MR) is 110 cm³/mol. The Kier molecular flexibility index (Phi) is 6.21. The van der Waals surface area contributed by atoms with E-state index in [1.807, 2.05) is 6.07 Å². The number of piperazine rings is 1. The molecule has 6 nitrogen and oxygen atoms in total. The van der Waals surface area contributed by atoms with Crippen molar-refractivity contribution in [2.45, 2.75) is 11.3 Å². The van der Waals surface area contributed by atoms with E-state index in [9.17, 15) is 21.6 Å². The van der Waals surface area contributed by atoms with Gasteiger partial charge in [-0.05, 0) is 42.5 Å². The predicted octanol–water partition coefficient (Wildman–Crippen LogP) is 3.61. The first kappa shape index (κ1) is 22.3. The van der Waals surface area contributed by atoms with E-state index < -0.39 is 22.1 Å². The Hall–Kier alpha value is -2.43. The molecule has 4 rings (SSSR count). The van der Waals surface area contributed by atoms with Gasteiger partial charge in [-0.25, -0.2) is 12.4 Å². The van der Waals surface area contributed by atoms with Crippen LogP contribution < -0.4 is 15.0 Å². The summed E-state index contributed by atoms with van der Waals surface area (Å²) >= 11 is 0. The van der Waals surface area contributed by atoms with Crippen LogP contribution in [0.4, 0.5) is 18.9 Å². The third kappa shape index (κ3) is 4.35. The molecule has 1 aliphatic rings. The average Bonchev–Trinajstić information content (AvgIpc) is 3.13. The molecule has 1 fully saturated rings. The van der Waals surface area contributed by atoms with Crippen LogP contribution in [0.2, 0.25) is 0 Å². The van der Waals surface area contributed by atoms with Crippen LogP contribution in [-0.4, -0.2) is 44.9 Å². The molecule has 0 spiro atoms. The Morgan fingerprint density at radius 2 is 1.63 bits per heavy atom. The number of rotatable bonds is 4. The molecule has 2 heterocycles. The zero-order chi connectivity index (χ0) is 20.6. The zero-order valence-corrected chi connectivity index (χ0v) is 17.2. The Morgan fingerprint density at radius 1 is 0.967 bits per heavy atom. The number of alkyl halides is 3. The lowest BCUT2D eigenvalue weighted by molar-refractivity contribution is -0.274. The highest BCUT2D eigenvalue weighted by Gasteiger charge is 2.31. The molecular formula is C19H19ClF3N3O3S. The summed E-state index contributed by atoms with van der Waals surface area (Å²) in [4.78, 5) is 2.07. The van der Waals surface area contributed by atoms with Crippen LogP contribution in [0.25, 0.3) is 10.9 Å². The van der Waals surface area contributed by atoms with E-state index in [4.69, 9.17) is 0 Å². The summed E-state index contributed by atoms with van der Waals surface area (Å²) in [6, 6.07) is 11.4. The second kappa shape index (κ2) is 8.37. The van der Waals surface area contributed by atoms with Crippen molar-refractivity contribution in [3.8, 4) is 5.75 Å². The van der Waals surface area contributed by atoms with Crippen molar-refractivity contribution >= 4 is 39.0 Å². The van der Waals surface area contributed by atoms with Gasteiger partial charge in [-0.3, -0.25) is 0 Å². The fourth-order valence-electron chi connectivity index (χ4n) is 3.44. The summed E-state index contributed by atoms with van der Waals surface area (Å²) in [6.45, 7) is 3.33. The first-order valence-electron chi connectivity index (χ1n) is 8.93. The van der Waals surface area contributed by atoms with Gasteiger partial charge in [0.2, 0.25) is 0 Å². The number of hydrogen-bond donors (Lipinski definition) is 1. The quantitative estimate of drug-likeness (QED) is 0.643. The summed E-state index contributed by atoms with van der Waals surface area (Å²) in [5.41, 5.74) is 1.46. The van der Waals surface area contributed by atoms with Gasteiger partial charge in [0.15, 0.2) is 0 Å². The maximum absolute atomic E-state index is 13.1. The largest absolute Gasteiger partial charge is 0.573 e. The maximum atomic E-state index is 13.1. The highest BCUT2D eigenvalue weighted by atomic mass is 35.5. The van der Waals surface area contributed by atoms with Gasteiger partial charge < -0.3 is 15.0 Å². The minimum Gasteiger partial charge on any atom is -0.406 e. The molecule has 30 heavy (non-hydrogen) atoms. The highest BCUT2D eigenvalue weighted by molar-refractivity contribution is 7.90. The molecule has 3 aromatic rings. The number of nitrogens with zero attached hydrogens (tertiary/aromatic N) is 2. The fourth-order valence-corrected chi connectivity index (χ4v) is 4.79. The maximum Gasteiger partial charge on any atom is 0.573 e. The van der Waals surface area contributed by atoms with Gasteiger partial charge >= 0.3 is 6.36 Å². The lowest BCUT2D eigenvalue weighted by Gasteiger charge is -2.30. The summed E-state index contributed by atoms with van der Waals surface area (Å²) in [6.07, 6.45) is -3.37. The fraction of sp³-hybridized carbons (Fsp3) is 0.263. The number of benzene rings is 2. The molecule has 0 atom stereocenters. The minimum absolute atomic E-state index is 0. The molecule has 0 aliphatic carbocycles. The van der Waals surface area contributed by atoms with Gasteiger partial charge in [0, 0.05) is 43.4 Å². The second-order valence-electron chi connectivity index (χ2n) is 6.58. The van der Waals surface area contributed by atoms with Crippen molar-refractivity contribution in [1.82, 2.24) is 9.29 Å². The molecule has 0 unspecified atom stereocenters. The van der Waals surface area contributed by atoms with E-state index in [2.05, 4.69) is 15.0 Å². The van der Waals surface area contributed by atoms with Crippen LogP contribution in [0.1, 0.15) is 0 Å². The number of aromatic nitrogens is 1. The van der Waals surface area contributed by atoms with Gasteiger partial charge in [-0.15, -0.1) is 25.6 Å². The van der Waals surface area contributed by atoms with Gasteiger partial charge in [0.25, 0.3) is 10.0 Å². The van der Waals surface area contributed by atoms with E-state index in [1.165, 1.54) is 6.20 Å². The molecule has 1 saturated heterocycles. The lowest BCUT2D eigenvalue weighted by Crippen LogP contribution is -2.43. The van der Waals surface area contributed by atoms with E-state index in [0.29, 0.717) is 5.52 Å². The Bertz CT molecular complexity index is 1130.